The smallest absolute Gasteiger partial charge is 0.408 e. The number of carbonyl (C=O) groups is 1. The Labute approximate surface area is 162 Å². The molecule has 2 saturated heterocycles. The minimum atomic E-state index is -0.827. The van der Waals surface area contributed by atoms with Crippen molar-refractivity contribution in [2.45, 2.75) is 25.9 Å². The molecule has 0 bridgehead atoms. The van der Waals surface area contributed by atoms with E-state index >= 15 is 0 Å². The number of ether oxygens (including phenoxy) is 2. The highest BCUT2D eigenvalue weighted by Gasteiger charge is 2.39. The molecule has 148 valence electrons. The van der Waals surface area contributed by atoms with Crippen molar-refractivity contribution >= 4 is 12.1 Å². The fourth-order valence-electron chi connectivity index (χ4n) is 3.51. The molecule has 1 unspecified atom stereocenters. The van der Waals surface area contributed by atoms with Crippen molar-refractivity contribution in [2.75, 3.05) is 26.2 Å². The van der Waals surface area contributed by atoms with Gasteiger partial charge in [0.2, 0.25) is 0 Å². The standard InChI is InChI=1S/C18H21N5O5/c1-18(2)9-13(12-27-18)11-21-7-8-22(16(21)20-23(25)26)17(24)28-15-6-4-3-5-14(15)10-19/h3-6,13H,7-9,11-12H2,1-2H3. The molecule has 2 fully saturated rings. The number of carbonyl (C=O) groups excluding carboxylic acids is 1. The molecule has 0 N–H and O–H groups in total. The number of rotatable bonds is 4. The minimum absolute atomic E-state index is 0.0610. The lowest BCUT2D eigenvalue weighted by Crippen LogP contribution is -2.41. The molecular formula is C18H21N5O5. The molecule has 2 heterocycles. The molecule has 10 nitrogen and oxygen atoms in total. The summed E-state index contributed by atoms with van der Waals surface area (Å²) in [6.07, 6.45) is 0.00342. The van der Waals surface area contributed by atoms with Crippen LogP contribution in [-0.4, -0.2) is 58.7 Å². The van der Waals surface area contributed by atoms with E-state index in [4.69, 9.17) is 14.7 Å². The fraction of sp³-hybridized carbons (Fsp3) is 0.500. The third-order valence-corrected chi connectivity index (χ3v) is 4.68. The number of amides is 1. The lowest BCUT2D eigenvalue weighted by Gasteiger charge is -2.22. The van der Waals surface area contributed by atoms with Gasteiger partial charge >= 0.3 is 6.09 Å². The number of hydrogen-bond donors (Lipinski definition) is 0. The average Bonchev–Trinajstić information content (AvgIpc) is 3.18. The maximum Gasteiger partial charge on any atom is 0.422 e. The molecule has 1 aromatic carbocycles. The minimum Gasteiger partial charge on any atom is -0.408 e. The first kappa shape index (κ1) is 19.6. The Balaban J connectivity index is 1.74. The van der Waals surface area contributed by atoms with Crippen molar-refractivity contribution in [2.24, 2.45) is 11.0 Å². The van der Waals surface area contributed by atoms with Crippen molar-refractivity contribution in [3.63, 3.8) is 0 Å². The molecule has 1 amide bonds. The van der Waals surface area contributed by atoms with Gasteiger partial charge in [-0.3, -0.25) is 0 Å². The van der Waals surface area contributed by atoms with Gasteiger partial charge in [0, 0.05) is 19.0 Å². The molecule has 0 radical (unpaired) electrons. The predicted molar refractivity (Wildman–Crippen MR) is 98.0 cm³/mol. The fourth-order valence-corrected chi connectivity index (χ4v) is 3.51. The van der Waals surface area contributed by atoms with E-state index in [0.29, 0.717) is 19.7 Å². The summed E-state index contributed by atoms with van der Waals surface area (Å²) in [5.74, 6) is 0.219. The van der Waals surface area contributed by atoms with Gasteiger partial charge in [-0.2, -0.15) is 5.26 Å². The van der Waals surface area contributed by atoms with E-state index in [1.165, 1.54) is 12.1 Å². The van der Waals surface area contributed by atoms with E-state index in [-0.39, 0.29) is 35.3 Å². The maximum absolute atomic E-state index is 12.6. The van der Waals surface area contributed by atoms with Crippen molar-refractivity contribution in [1.29, 1.82) is 5.26 Å². The van der Waals surface area contributed by atoms with Crippen LogP contribution < -0.4 is 4.74 Å². The second kappa shape index (κ2) is 7.82. The summed E-state index contributed by atoms with van der Waals surface area (Å²) in [7, 11) is 0. The Bertz CT molecular complexity index is 847. The molecule has 28 heavy (non-hydrogen) atoms. The first-order chi connectivity index (χ1) is 13.3. The van der Waals surface area contributed by atoms with Crippen molar-refractivity contribution in [3.05, 3.63) is 39.9 Å². The predicted octanol–water partition coefficient (Wildman–Crippen LogP) is 2.04. The van der Waals surface area contributed by atoms with Gasteiger partial charge in [-0.05, 0) is 32.4 Å². The van der Waals surface area contributed by atoms with Crippen LogP contribution in [0.15, 0.2) is 29.4 Å². The highest BCUT2D eigenvalue weighted by Crippen LogP contribution is 2.30. The Hall–Kier alpha value is -3.19. The van der Waals surface area contributed by atoms with E-state index in [1.54, 1.807) is 17.0 Å². The monoisotopic (exact) mass is 387 g/mol. The number of nitriles is 1. The van der Waals surface area contributed by atoms with Crippen LogP contribution in [0.5, 0.6) is 5.75 Å². The molecule has 2 aliphatic rings. The number of hydrazone groups is 1. The SMILES string of the molecule is CC1(C)CC(CN2CCN(C(=O)Oc3ccccc3C#N)C2=N[N+](=O)[O-])CO1. The Morgan fingerprint density at radius 2 is 2.21 bits per heavy atom. The van der Waals surface area contributed by atoms with Crippen LogP contribution in [0.1, 0.15) is 25.8 Å². The summed E-state index contributed by atoms with van der Waals surface area (Å²) in [4.78, 5) is 26.4. The number of benzene rings is 1. The van der Waals surface area contributed by atoms with Gasteiger partial charge in [-0.25, -0.2) is 19.8 Å². The van der Waals surface area contributed by atoms with E-state index in [2.05, 4.69) is 5.10 Å². The second-order valence-corrected chi connectivity index (χ2v) is 7.35. The van der Waals surface area contributed by atoms with Gasteiger partial charge in [-0.1, -0.05) is 12.1 Å². The molecule has 0 spiro atoms. The molecule has 0 saturated carbocycles. The van der Waals surface area contributed by atoms with Crippen LogP contribution in [-0.2, 0) is 4.74 Å². The third-order valence-electron chi connectivity index (χ3n) is 4.68. The molecule has 2 aliphatic heterocycles. The molecule has 0 aromatic heterocycles. The average molecular weight is 387 g/mol. The van der Waals surface area contributed by atoms with Gasteiger partial charge in [0.25, 0.3) is 5.96 Å². The van der Waals surface area contributed by atoms with Crippen LogP contribution in [0.3, 0.4) is 0 Å². The lowest BCUT2D eigenvalue weighted by molar-refractivity contribution is -0.486. The molecule has 10 heteroatoms. The van der Waals surface area contributed by atoms with E-state index in [1.807, 2.05) is 19.9 Å². The molecular weight excluding hydrogens is 366 g/mol. The zero-order chi connectivity index (χ0) is 20.3. The van der Waals surface area contributed by atoms with Crippen molar-refractivity contribution < 1.29 is 19.3 Å². The van der Waals surface area contributed by atoms with E-state index in [9.17, 15) is 14.9 Å². The molecule has 1 aromatic rings. The van der Waals surface area contributed by atoms with Crippen LogP contribution in [0.25, 0.3) is 0 Å². The summed E-state index contributed by atoms with van der Waals surface area (Å²) in [6, 6.07) is 8.24. The number of para-hydroxylation sites is 1. The van der Waals surface area contributed by atoms with Crippen molar-refractivity contribution in [1.82, 2.24) is 9.80 Å². The first-order valence-corrected chi connectivity index (χ1v) is 8.89. The summed E-state index contributed by atoms with van der Waals surface area (Å²) < 4.78 is 11.0. The molecule has 1 atom stereocenters. The summed E-state index contributed by atoms with van der Waals surface area (Å²) in [5.41, 5.74) is -0.0326. The van der Waals surface area contributed by atoms with Gasteiger partial charge in [0.15, 0.2) is 10.8 Å². The molecule has 3 rings (SSSR count). The topological polar surface area (TPSA) is 121 Å². The number of hydrogen-bond acceptors (Lipinski definition) is 6. The largest absolute Gasteiger partial charge is 0.422 e. The normalized spacial score (nSPS) is 22.3. The summed E-state index contributed by atoms with van der Waals surface area (Å²) in [6.45, 7) is 5.65. The third kappa shape index (κ3) is 4.37. The number of guanidine groups is 1. The van der Waals surface area contributed by atoms with Crippen LogP contribution in [0.2, 0.25) is 0 Å². The van der Waals surface area contributed by atoms with Gasteiger partial charge in [0.05, 0.1) is 24.3 Å². The van der Waals surface area contributed by atoms with Gasteiger partial charge in [0.1, 0.15) is 11.2 Å². The van der Waals surface area contributed by atoms with Crippen LogP contribution in [0, 0.1) is 27.4 Å². The Morgan fingerprint density at radius 1 is 1.46 bits per heavy atom. The number of nitro groups is 1. The van der Waals surface area contributed by atoms with Gasteiger partial charge < -0.3 is 14.4 Å². The van der Waals surface area contributed by atoms with Crippen molar-refractivity contribution in [3.8, 4) is 11.8 Å². The summed E-state index contributed by atoms with van der Waals surface area (Å²) >= 11 is 0. The first-order valence-electron chi connectivity index (χ1n) is 8.89. The highest BCUT2D eigenvalue weighted by atomic mass is 16.7. The molecule has 0 aliphatic carbocycles. The highest BCUT2D eigenvalue weighted by molar-refractivity contribution is 5.96. The van der Waals surface area contributed by atoms with Gasteiger partial charge in [-0.15, -0.1) is 0 Å². The quantitative estimate of drug-likeness (QED) is 0.572. The summed E-state index contributed by atoms with van der Waals surface area (Å²) in [5, 5.41) is 22.7. The zero-order valence-electron chi connectivity index (χ0n) is 15.7. The Morgan fingerprint density at radius 3 is 2.86 bits per heavy atom. The Kier molecular flexibility index (Phi) is 5.46. The van der Waals surface area contributed by atoms with E-state index in [0.717, 1.165) is 11.3 Å². The zero-order valence-corrected chi connectivity index (χ0v) is 15.7. The van der Waals surface area contributed by atoms with Crippen LogP contribution in [0.4, 0.5) is 4.79 Å². The van der Waals surface area contributed by atoms with Crippen LogP contribution >= 0.6 is 0 Å². The van der Waals surface area contributed by atoms with E-state index < -0.39 is 11.1 Å². The lowest BCUT2D eigenvalue weighted by atomic mass is 9.97. The number of nitrogens with zero attached hydrogens (tertiary/aromatic N) is 5. The maximum atomic E-state index is 12.6. The second-order valence-electron chi connectivity index (χ2n) is 7.35.